The second kappa shape index (κ2) is 4.93. The number of aliphatic carboxylic acids is 1. The van der Waals surface area contributed by atoms with Gasteiger partial charge < -0.3 is 15.1 Å². The van der Waals surface area contributed by atoms with Gasteiger partial charge in [0.15, 0.2) is 0 Å². The number of carbonyl (C=O) groups is 2. The molecule has 0 aliphatic carbocycles. The van der Waals surface area contributed by atoms with Crippen molar-refractivity contribution in [2.24, 2.45) is 11.8 Å². The molecule has 1 aliphatic rings. The van der Waals surface area contributed by atoms with Gasteiger partial charge in [0.05, 0.1) is 0 Å². The summed E-state index contributed by atoms with van der Waals surface area (Å²) >= 11 is 0. The lowest BCUT2D eigenvalue weighted by Gasteiger charge is -2.12. The van der Waals surface area contributed by atoms with Crippen molar-refractivity contribution in [3.63, 3.8) is 0 Å². The Morgan fingerprint density at radius 3 is 2.53 bits per heavy atom. The molecule has 0 bridgehead atoms. The van der Waals surface area contributed by atoms with Gasteiger partial charge in [-0.15, -0.1) is 0 Å². The van der Waals surface area contributed by atoms with E-state index in [1.54, 1.807) is 4.90 Å². The van der Waals surface area contributed by atoms with Crippen molar-refractivity contribution >= 4 is 11.9 Å². The fraction of sp³-hybridized carbons (Fsp3) is 0.600. The summed E-state index contributed by atoms with van der Waals surface area (Å²) in [5.41, 5.74) is 0. The standard InChI is InChI=1S/C10H15NO4/c1-7-4-11(5-8(7)6-12)9(13)2-3-10(14)15/h2-3,7-8,12H,4-6H2,1H3,(H,14,15)/b3-2+/t7-,8-/m1/s1. The smallest absolute Gasteiger partial charge is 0.328 e. The van der Waals surface area contributed by atoms with Gasteiger partial charge in [-0.2, -0.15) is 0 Å². The number of amides is 1. The van der Waals surface area contributed by atoms with Crippen LogP contribution >= 0.6 is 0 Å². The Bertz CT molecular complexity index is 287. The van der Waals surface area contributed by atoms with Gasteiger partial charge in [0.1, 0.15) is 0 Å². The molecule has 1 saturated heterocycles. The lowest BCUT2D eigenvalue weighted by atomic mass is 10.00. The maximum atomic E-state index is 11.5. The average molecular weight is 213 g/mol. The van der Waals surface area contributed by atoms with Crippen molar-refractivity contribution in [1.29, 1.82) is 0 Å². The van der Waals surface area contributed by atoms with E-state index in [1.807, 2.05) is 6.92 Å². The van der Waals surface area contributed by atoms with Crippen molar-refractivity contribution in [2.45, 2.75) is 6.92 Å². The van der Waals surface area contributed by atoms with Crippen LogP contribution in [0, 0.1) is 11.8 Å². The van der Waals surface area contributed by atoms with E-state index in [2.05, 4.69) is 0 Å². The second-order valence-corrected chi connectivity index (χ2v) is 3.83. The number of nitrogens with zero attached hydrogens (tertiary/aromatic N) is 1. The van der Waals surface area contributed by atoms with Crippen LogP contribution in [-0.2, 0) is 9.59 Å². The summed E-state index contributed by atoms with van der Waals surface area (Å²) in [5.74, 6) is -1.07. The van der Waals surface area contributed by atoms with Crippen molar-refractivity contribution in [3.8, 4) is 0 Å². The first-order chi connectivity index (χ1) is 7.04. The fourth-order valence-corrected chi connectivity index (χ4v) is 1.70. The molecule has 1 fully saturated rings. The van der Waals surface area contributed by atoms with Gasteiger partial charge in [0.2, 0.25) is 5.91 Å². The second-order valence-electron chi connectivity index (χ2n) is 3.83. The van der Waals surface area contributed by atoms with Gasteiger partial charge in [0, 0.05) is 37.8 Å². The molecule has 5 nitrogen and oxygen atoms in total. The van der Waals surface area contributed by atoms with Gasteiger partial charge >= 0.3 is 5.97 Å². The predicted octanol–water partition coefficient (Wildman–Crippen LogP) is -0.286. The predicted molar refractivity (Wildman–Crippen MR) is 53.1 cm³/mol. The number of aliphatic hydroxyl groups is 1. The first-order valence-corrected chi connectivity index (χ1v) is 4.85. The zero-order chi connectivity index (χ0) is 11.4. The fourth-order valence-electron chi connectivity index (χ4n) is 1.70. The molecule has 15 heavy (non-hydrogen) atoms. The average Bonchev–Trinajstić information content (AvgIpc) is 2.56. The molecule has 2 atom stereocenters. The minimum absolute atomic E-state index is 0.0631. The first-order valence-electron chi connectivity index (χ1n) is 4.85. The Hall–Kier alpha value is -1.36. The molecule has 0 unspecified atom stereocenters. The molecule has 2 N–H and O–H groups in total. The zero-order valence-electron chi connectivity index (χ0n) is 8.59. The third-order valence-electron chi connectivity index (χ3n) is 2.68. The van der Waals surface area contributed by atoms with Crippen LogP contribution in [0.5, 0.6) is 0 Å². The normalized spacial score (nSPS) is 26.1. The van der Waals surface area contributed by atoms with Gasteiger partial charge in [-0.25, -0.2) is 4.79 Å². The van der Waals surface area contributed by atoms with Crippen molar-refractivity contribution in [2.75, 3.05) is 19.7 Å². The summed E-state index contributed by atoms with van der Waals surface area (Å²) in [6.45, 7) is 3.11. The molecule has 1 rings (SSSR count). The first kappa shape index (κ1) is 11.7. The minimum Gasteiger partial charge on any atom is -0.478 e. The van der Waals surface area contributed by atoms with Gasteiger partial charge in [-0.3, -0.25) is 4.79 Å². The molecule has 0 saturated carbocycles. The number of hydrogen-bond acceptors (Lipinski definition) is 3. The molecule has 5 heteroatoms. The van der Waals surface area contributed by atoms with Gasteiger partial charge in [-0.1, -0.05) is 6.92 Å². The van der Waals surface area contributed by atoms with Crippen LogP contribution in [0.3, 0.4) is 0 Å². The largest absolute Gasteiger partial charge is 0.478 e. The Morgan fingerprint density at radius 1 is 1.40 bits per heavy atom. The molecule has 84 valence electrons. The summed E-state index contributed by atoms with van der Waals surface area (Å²) in [6, 6.07) is 0. The summed E-state index contributed by atoms with van der Waals surface area (Å²) < 4.78 is 0. The number of carboxylic acids is 1. The highest BCUT2D eigenvalue weighted by Crippen LogP contribution is 2.22. The summed E-state index contributed by atoms with van der Waals surface area (Å²) in [6.07, 6.45) is 1.88. The Kier molecular flexibility index (Phi) is 3.85. The maximum absolute atomic E-state index is 11.5. The van der Waals surface area contributed by atoms with Crippen LogP contribution < -0.4 is 0 Å². The molecule has 1 amide bonds. The molecule has 0 radical (unpaired) electrons. The summed E-state index contributed by atoms with van der Waals surface area (Å²) in [7, 11) is 0. The van der Waals surface area contributed by atoms with E-state index in [0.717, 1.165) is 12.2 Å². The van der Waals surface area contributed by atoms with E-state index in [-0.39, 0.29) is 24.3 Å². The molecule has 0 aromatic carbocycles. The number of hydrogen-bond donors (Lipinski definition) is 2. The van der Waals surface area contributed by atoms with E-state index >= 15 is 0 Å². The third kappa shape index (κ3) is 3.06. The molecule has 1 heterocycles. The van der Waals surface area contributed by atoms with E-state index in [1.165, 1.54) is 0 Å². The van der Waals surface area contributed by atoms with Crippen LogP contribution in [0.25, 0.3) is 0 Å². The van der Waals surface area contributed by atoms with E-state index in [4.69, 9.17) is 10.2 Å². The van der Waals surface area contributed by atoms with Crippen LogP contribution in [0.15, 0.2) is 12.2 Å². The Labute approximate surface area is 88.0 Å². The van der Waals surface area contributed by atoms with Crippen LogP contribution in [0.4, 0.5) is 0 Å². The maximum Gasteiger partial charge on any atom is 0.328 e. The number of rotatable bonds is 3. The molecular weight excluding hydrogens is 198 g/mol. The summed E-state index contributed by atoms with van der Waals surface area (Å²) in [4.78, 5) is 23.2. The van der Waals surface area contributed by atoms with Crippen LogP contribution in [0.2, 0.25) is 0 Å². The minimum atomic E-state index is -1.13. The SMILES string of the molecule is C[C@@H]1CN(C(=O)/C=C/C(=O)O)C[C@@H]1CO. The molecule has 0 aromatic rings. The van der Waals surface area contributed by atoms with Gasteiger partial charge in [-0.05, 0) is 5.92 Å². The van der Waals surface area contributed by atoms with Crippen molar-refractivity contribution < 1.29 is 19.8 Å². The Morgan fingerprint density at radius 2 is 2.07 bits per heavy atom. The van der Waals surface area contributed by atoms with Crippen molar-refractivity contribution in [3.05, 3.63) is 12.2 Å². The highest BCUT2D eigenvalue weighted by molar-refractivity contribution is 5.94. The lowest BCUT2D eigenvalue weighted by molar-refractivity contribution is -0.132. The quantitative estimate of drug-likeness (QED) is 0.632. The number of aliphatic hydroxyl groups excluding tert-OH is 1. The van der Waals surface area contributed by atoms with Gasteiger partial charge in [0.25, 0.3) is 0 Å². The summed E-state index contributed by atoms with van der Waals surface area (Å²) in [5, 5.41) is 17.4. The van der Waals surface area contributed by atoms with Crippen LogP contribution in [0.1, 0.15) is 6.92 Å². The molecule has 0 spiro atoms. The molecule has 1 aliphatic heterocycles. The highest BCUT2D eigenvalue weighted by Gasteiger charge is 2.30. The van der Waals surface area contributed by atoms with E-state index in [0.29, 0.717) is 13.1 Å². The highest BCUT2D eigenvalue weighted by atomic mass is 16.4. The Balaban J connectivity index is 2.53. The zero-order valence-corrected chi connectivity index (χ0v) is 8.59. The lowest BCUT2D eigenvalue weighted by Crippen LogP contribution is -2.27. The number of carbonyl (C=O) groups excluding carboxylic acids is 1. The number of likely N-dealkylation sites (tertiary alicyclic amines) is 1. The van der Waals surface area contributed by atoms with E-state index < -0.39 is 5.97 Å². The molecule has 0 aromatic heterocycles. The monoisotopic (exact) mass is 213 g/mol. The topological polar surface area (TPSA) is 77.8 Å². The van der Waals surface area contributed by atoms with Crippen LogP contribution in [-0.4, -0.2) is 46.7 Å². The number of carboxylic acid groups (broad SMARTS) is 1. The van der Waals surface area contributed by atoms with E-state index in [9.17, 15) is 9.59 Å². The molecular formula is C10H15NO4. The third-order valence-corrected chi connectivity index (χ3v) is 2.68. The van der Waals surface area contributed by atoms with Crippen molar-refractivity contribution in [1.82, 2.24) is 4.90 Å².